The summed E-state index contributed by atoms with van der Waals surface area (Å²) in [6, 6.07) is 4.20. The SMILES string of the molecule is CCC[C@@H](C)NC(=O)CN(C)S(=O)(=O)c1ccc(OC)c(Cl)c1. The van der Waals surface area contributed by atoms with Gasteiger partial charge in [-0.1, -0.05) is 24.9 Å². The van der Waals surface area contributed by atoms with Crippen LogP contribution in [0.15, 0.2) is 23.1 Å². The van der Waals surface area contributed by atoms with E-state index in [2.05, 4.69) is 5.32 Å². The van der Waals surface area contributed by atoms with Crippen LogP contribution in [0.2, 0.25) is 5.02 Å². The lowest BCUT2D eigenvalue weighted by Gasteiger charge is -2.19. The summed E-state index contributed by atoms with van der Waals surface area (Å²) in [6.45, 7) is 3.66. The van der Waals surface area contributed by atoms with Gasteiger partial charge < -0.3 is 10.1 Å². The van der Waals surface area contributed by atoms with Gasteiger partial charge in [0.05, 0.1) is 23.6 Å². The molecule has 0 fully saturated rings. The van der Waals surface area contributed by atoms with E-state index < -0.39 is 10.0 Å². The number of hydrogen-bond acceptors (Lipinski definition) is 4. The molecule has 0 aliphatic heterocycles. The average molecular weight is 363 g/mol. The van der Waals surface area contributed by atoms with Crippen molar-refractivity contribution >= 4 is 27.5 Å². The molecule has 8 heteroatoms. The van der Waals surface area contributed by atoms with Gasteiger partial charge >= 0.3 is 0 Å². The van der Waals surface area contributed by atoms with Crippen molar-refractivity contribution in [2.75, 3.05) is 20.7 Å². The predicted octanol–water partition coefficient (Wildman–Crippen LogP) is 2.27. The van der Waals surface area contributed by atoms with Crippen LogP contribution < -0.4 is 10.1 Å². The first-order valence-electron chi connectivity index (χ1n) is 7.31. The monoisotopic (exact) mass is 362 g/mol. The fourth-order valence-corrected chi connectivity index (χ4v) is 3.58. The van der Waals surface area contributed by atoms with Gasteiger partial charge in [0.1, 0.15) is 5.75 Å². The number of hydrogen-bond donors (Lipinski definition) is 1. The van der Waals surface area contributed by atoms with Crippen molar-refractivity contribution < 1.29 is 17.9 Å². The molecule has 130 valence electrons. The van der Waals surface area contributed by atoms with Crippen LogP contribution in [-0.2, 0) is 14.8 Å². The summed E-state index contributed by atoms with van der Waals surface area (Å²) in [5.41, 5.74) is 0. The van der Waals surface area contributed by atoms with Gasteiger partial charge in [0.2, 0.25) is 15.9 Å². The van der Waals surface area contributed by atoms with Gasteiger partial charge in [-0.2, -0.15) is 4.31 Å². The van der Waals surface area contributed by atoms with Crippen molar-refractivity contribution in [3.63, 3.8) is 0 Å². The number of nitrogens with zero attached hydrogens (tertiary/aromatic N) is 1. The third-order valence-corrected chi connectivity index (χ3v) is 5.42. The topological polar surface area (TPSA) is 75.7 Å². The van der Waals surface area contributed by atoms with Crippen molar-refractivity contribution in [1.29, 1.82) is 0 Å². The van der Waals surface area contributed by atoms with E-state index in [-0.39, 0.29) is 28.4 Å². The smallest absolute Gasteiger partial charge is 0.243 e. The molecule has 1 atom stereocenters. The highest BCUT2D eigenvalue weighted by atomic mass is 35.5. The minimum Gasteiger partial charge on any atom is -0.495 e. The van der Waals surface area contributed by atoms with Crippen LogP contribution in [0.5, 0.6) is 5.75 Å². The molecule has 23 heavy (non-hydrogen) atoms. The number of carbonyl (C=O) groups excluding carboxylic acids is 1. The van der Waals surface area contributed by atoms with E-state index in [1.165, 1.54) is 32.4 Å². The van der Waals surface area contributed by atoms with Crippen molar-refractivity contribution in [1.82, 2.24) is 9.62 Å². The molecular weight excluding hydrogens is 340 g/mol. The van der Waals surface area contributed by atoms with Crippen LogP contribution >= 0.6 is 11.6 Å². The Morgan fingerprint density at radius 3 is 2.61 bits per heavy atom. The van der Waals surface area contributed by atoms with E-state index in [1.807, 2.05) is 13.8 Å². The summed E-state index contributed by atoms with van der Waals surface area (Å²) in [5.74, 6) is 0.0519. The van der Waals surface area contributed by atoms with Gasteiger partial charge in [-0.15, -0.1) is 0 Å². The first-order chi connectivity index (χ1) is 10.7. The number of halogens is 1. The van der Waals surface area contributed by atoms with Gasteiger partial charge in [-0.05, 0) is 31.5 Å². The van der Waals surface area contributed by atoms with Crippen molar-refractivity contribution in [2.24, 2.45) is 0 Å². The maximum Gasteiger partial charge on any atom is 0.243 e. The summed E-state index contributed by atoms with van der Waals surface area (Å²) in [4.78, 5) is 11.9. The maximum atomic E-state index is 12.5. The lowest BCUT2D eigenvalue weighted by atomic mass is 10.2. The quantitative estimate of drug-likeness (QED) is 0.769. The molecule has 0 aliphatic rings. The second-order valence-corrected chi connectivity index (χ2v) is 7.77. The van der Waals surface area contributed by atoms with E-state index >= 15 is 0 Å². The van der Waals surface area contributed by atoms with Crippen LogP contribution in [0, 0.1) is 0 Å². The summed E-state index contributed by atoms with van der Waals surface area (Å²) >= 11 is 5.96. The Morgan fingerprint density at radius 1 is 1.43 bits per heavy atom. The number of benzene rings is 1. The molecule has 0 bridgehead atoms. The lowest BCUT2D eigenvalue weighted by molar-refractivity contribution is -0.121. The summed E-state index contributed by atoms with van der Waals surface area (Å²) < 4.78 is 31.0. The summed E-state index contributed by atoms with van der Waals surface area (Å²) in [5, 5.41) is 2.97. The number of methoxy groups -OCH3 is 1. The first kappa shape index (κ1) is 19.7. The Balaban J connectivity index is 2.83. The number of ether oxygens (including phenoxy) is 1. The third kappa shape index (κ3) is 5.37. The Bertz CT molecular complexity index is 649. The van der Waals surface area contributed by atoms with Crippen LogP contribution in [0.25, 0.3) is 0 Å². The van der Waals surface area contributed by atoms with Gasteiger partial charge in [-0.25, -0.2) is 8.42 Å². The zero-order valence-electron chi connectivity index (χ0n) is 13.8. The van der Waals surface area contributed by atoms with E-state index in [1.54, 1.807) is 0 Å². The van der Waals surface area contributed by atoms with Gasteiger partial charge in [0.25, 0.3) is 0 Å². The normalized spacial score (nSPS) is 13.0. The molecule has 0 aromatic heterocycles. The number of rotatable bonds is 8. The van der Waals surface area contributed by atoms with E-state index in [9.17, 15) is 13.2 Å². The zero-order valence-corrected chi connectivity index (χ0v) is 15.4. The van der Waals surface area contributed by atoms with Crippen LogP contribution in [-0.4, -0.2) is 45.4 Å². The first-order valence-corrected chi connectivity index (χ1v) is 9.13. The molecule has 0 saturated heterocycles. The Hall–Kier alpha value is -1.31. The molecule has 0 heterocycles. The molecule has 0 spiro atoms. The molecule has 1 aromatic carbocycles. The standard InChI is InChI=1S/C15H23ClN2O4S/c1-5-6-11(2)17-15(19)10-18(3)23(20,21)12-7-8-14(22-4)13(16)9-12/h7-9,11H,5-6,10H2,1-4H3,(H,17,19)/t11-/m1/s1. The third-order valence-electron chi connectivity index (χ3n) is 3.33. The molecular formula is C15H23ClN2O4S. The molecule has 0 radical (unpaired) electrons. The summed E-state index contributed by atoms with van der Waals surface area (Å²) in [7, 11) is -0.991. The largest absolute Gasteiger partial charge is 0.495 e. The molecule has 1 aromatic rings. The Kier molecular flexibility index (Phi) is 7.31. The van der Waals surface area contributed by atoms with E-state index in [4.69, 9.17) is 16.3 Å². The second kappa shape index (κ2) is 8.52. The average Bonchev–Trinajstić information content (AvgIpc) is 2.46. The zero-order chi connectivity index (χ0) is 17.6. The highest BCUT2D eigenvalue weighted by molar-refractivity contribution is 7.89. The van der Waals surface area contributed by atoms with Crippen LogP contribution in [0.1, 0.15) is 26.7 Å². The highest BCUT2D eigenvalue weighted by Gasteiger charge is 2.24. The highest BCUT2D eigenvalue weighted by Crippen LogP contribution is 2.27. The Morgan fingerprint density at radius 2 is 2.09 bits per heavy atom. The number of carbonyl (C=O) groups is 1. The minimum absolute atomic E-state index is 0.0130. The lowest BCUT2D eigenvalue weighted by Crippen LogP contribution is -2.41. The van der Waals surface area contributed by atoms with Crippen LogP contribution in [0.4, 0.5) is 0 Å². The van der Waals surface area contributed by atoms with Gasteiger partial charge in [0.15, 0.2) is 0 Å². The molecule has 0 saturated carbocycles. The summed E-state index contributed by atoms with van der Waals surface area (Å²) in [6.07, 6.45) is 1.79. The van der Waals surface area contributed by atoms with Gasteiger partial charge in [0, 0.05) is 13.1 Å². The van der Waals surface area contributed by atoms with Crippen molar-refractivity contribution in [3.05, 3.63) is 23.2 Å². The second-order valence-electron chi connectivity index (χ2n) is 5.31. The molecule has 6 nitrogen and oxygen atoms in total. The molecule has 1 amide bonds. The van der Waals surface area contributed by atoms with E-state index in [0.29, 0.717) is 5.75 Å². The number of amides is 1. The van der Waals surface area contributed by atoms with Crippen LogP contribution in [0.3, 0.4) is 0 Å². The minimum atomic E-state index is -3.80. The molecule has 1 N–H and O–H groups in total. The fraction of sp³-hybridized carbons (Fsp3) is 0.533. The number of likely N-dealkylation sites (N-methyl/N-ethyl adjacent to an activating group) is 1. The van der Waals surface area contributed by atoms with Gasteiger partial charge in [-0.3, -0.25) is 4.79 Å². The Labute approximate surface area is 142 Å². The van der Waals surface area contributed by atoms with E-state index in [0.717, 1.165) is 17.1 Å². The number of sulfonamides is 1. The predicted molar refractivity (Wildman–Crippen MR) is 90.3 cm³/mol. The van der Waals surface area contributed by atoms with Crippen molar-refractivity contribution in [2.45, 2.75) is 37.6 Å². The molecule has 0 unspecified atom stereocenters. The number of nitrogens with one attached hydrogen (secondary N) is 1. The molecule has 1 rings (SSSR count). The van der Waals surface area contributed by atoms with Crippen molar-refractivity contribution in [3.8, 4) is 5.75 Å². The maximum absolute atomic E-state index is 12.5. The fourth-order valence-electron chi connectivity index (χ4n) is 2.10. The molecule has 0 aliphatic carbocycles.